The number of nitrogens with one attached hydrogen (secondary N) is 2. The number of nitrogens with zero attached hydrogens (tertiary/aromatic N) is 2. The Labute approximate surface area is 111 Å². The van der Waals surface area contributed by atoms with Gasteiger partial charge in [0.2, 0.25) is 0 Å². The van der Waals surface area contributed by atoms with Crippen molar-refractivity contribution in [1.82, 2.24) is 15.2 Å². The first-order valence-electron chi connectivity index (χ1n) is 6.38. The van der Waals surface area contributed by atoms with Gasteiger partial charge in [0.15, 0.2) is 5.69 Å². The number of carbonyl (C=O) groups is 1. The fourth-order valence-electron chi connectivity index (χ4n) is 2.35. The average molecular weight is 266 g/mol. The SMILES string of the molecule is Cn1c(C(=O)NCCC2CCNC2)ccc1[N+](=O)[O-]. The molecule has 2 heterocycles. The average Bonchev–Trinajstić information content (AvgIpc) is 2.98. The molecule has 0 radical (unpaired) electrons. The van der Waals surface area contributed by atoms with Crippen LogP contribution in [0.4, 0.5) is 5.82 Å². The van der Waals surface area contributed by atoms with Crippen LogP contribution in [0.2, 0.25) is 0 Å². The van der Waals surface area contributed by atoms with Crippen LogP contribution in [0.15, 0.2) is 12.1 Å². The maximum Gasteiger partial charge on any atom is 0.323 e. The summed E-state index contributed by atoms with van der Waals surface area (Å²) in [6.07, 6.45) is 2.08. The van der Waals surface area contributed by atoms with Crippen molar-refractivity contribution < 1.29 is 9.72 Å². The van der Waals surface area contributed by atoms with Gasteiger partial charge in [-0.1, -0.05) is 0 Å². The highest BCUT2D eigenvalue weighted by atomic mass is 16.6. The summed E-state index contributed by atoms with van der Waals surface area (Å²) in [5.41, 5.74) is 0.316. The van der Waals surface area contributed by atoms with Crippen LogP contribution in [-0.4, -0.2) is 35.0 Å². The van der Waals surface area contributed by atoms with E-state index in [2.05, 4.69) is 10.6 Å². The quantitative estimate of drug-likeness (QED) is 0.605. The minimum atomic E-state index is -0.499. The highest BCUT2D eigenvalue weighted by Crippen LogP contribution is 2.15. The number of hydrogen-bond acceptors (Lipinski definition) is 4. The van der Waals surface area contributed by atoms with E-state index in [-0.39, 0.29) is 11.7 Å². The molecule has 2 N–H and O–H groups in total. The van der Waals surface area contributed by atoms with E-state index in [4.69, 9.17) is 0 Å². The lowest BCUT2D eigenvalue weighted by Crippen LogP contribution is -2.28. The molecule has 0 bridgehead atoms. The minimum absolute atomic E-state index is 0.0786. The largest absolute Gasteiger partial charge is 0.358 e. The molecule has 0 aromatic carbocycles. The number of rotatable bonds is 5. The lowest BCUT2D eigenvalue weighted by atomic mass is 10.1. The fourth-order valence-corrected chi connectivity index (χ4v) is 2.35. The molecule has 2 rings (SSSR count). The molecular weight excluding hydrogens is 248 g/mol. The van der Waals surface area contributed by atoms with Crippen molar-refractivity contribution in [3.63, 3.8) is 0 Å². The van der Waals surface area contributed by atoms with Crippen LogP contribution >= 0.6 is 0 Å². The monoisotopic (exact) mass is 266 g/mol. The summed E-state index contributed by atoms with van der Waals surface area (Å²) in [6, 6.07) is 2.82. The molecule has 0 spiro atoms. The van der Waals surface area contributed by atoms with Crippen molar-refractivity contribution >= 4 is 11.7 Å². The van der Waals surface area contributed by atoms with Gasteiger partial charge in [-0.2, -0.15) is 0 Å². The molecule has 1 aliphatic rings. The molecule has 0 aliphatic carbocycles. The van der Waals surface area contributed by atoms with Gasteiger partial charge in [-0.3, -0.25) is 4.79 Å². The van der Waals surface area contributed by atoms with Crippen molar-refractivity contribution in [1.29, 1.82) is 0 Å². The van der Waals surface area contributed by atoms with Crippen LogP contribution in [0.25, 0.3) is 0 Å². The van der Waals surface area contributed by atoms with Gasteiger partial charge in [-0.05, 0) is 42.8 Å². The predicted octanol–water partition coefficient (Wildman–Crippen LogP) is 0.663. The third-order valence-electron chi connectivity index (χ3n) is 3.52. The zero-order valence-corrected chi connectivity index (χ0v) is 10.9. The summed E-state index contributed by atoms with van der Waals surface area (Å²) in [5, 5.41) is 16.8. The van der Waals surface area contributed by atoms with E-state index in [0.29, 0.717) is 18.2 Å². The zero-order valence-electron chi connectivity index (χ0n) is 10.9. The van der Waals surface area contributed by atoms with Gasteiger partial charge in [-0.15, -0.1) is 0 Å². The van der Waals surface area contributed by atoms with Crippen molar-refractivity contribution in [2.45, 2.75) is 12.8 Å². The van der Waals surface area contributed by atoms with Crippen molar-refractivity contribution in [2.75, 3.05) is 19.6 Å². The van der Waals surface area contributed by atoms with E-state index >= 15 is 0 Å². The fraction of sp³-hybridized carbons (Fsp3) is 0.583. The highest BCUT2D eigenvalue weighted by Gasteiger charge is 2.20. The predicted molar refractivity (Wildman–Crippen MR) is 70.0 cm³/mol. The summed E-state index contributed by atoms with van der Waals surface area (Å²) in [6.45, 7) is 2.65. The Balaban J connectivity index is 1.87. The Hall–Kier alpha value is -1.89. The van der Waals surface area contributed by atoms with E-state index in [9.17, 15) is 14.9 Å². The lowest BCUT2D eigenvalue weighted by Gasteiger charge is -2.08. The van der Waals surface area contributed by atoms with Gasteiger partial charge < -0.3 is 20.7 Å². The molecule has 0 saturated carbocycles. The summed E-state index contributed by atoms with van der Waals surface area (Å²) < 4.78 is 1.30. The third kappa shape index (κ3) is 3.11. The molecule has 1 aromatic heterocycles. The molecule has 1 amide bonds. The lowest BCUT2D eigenvalue weighted by molar-refractivity contribution is -0.391. The van der Waals surface area contributed by atoms with Gasteiger partial charge in [0.25, 0.3) is 5.91 Å². The molecule has 19 heavy (non-hydrogen) atoms. The first-order valence-corrected chi connectivity index (χ1v) is 6.38. The van der Waals surface area contributed by atoms with E-state index in [1.165, 1.54) is 23.7 Å². The van der Waals surface area contributed by atoms with Gasteiger partial charge in [0, 0.05) is 12.6 Å². The molecule has 1 unspecified atom stereocenters. The first-order chi connectivity index (χ1) is 9.09. The van der Waals surface area contributed by atoms with E-state index < -0.39 is 4.92 Å². The van der Waals surface area contributed by atoms with Gasteiger partial charge >= 0.3 is 5.82 Å². The summed E-state index contributed by atoms with van der Waals surface area (Å²) in [7, 11) is 1.52. The summed E-state index contributed by atoms with van der Waals surface area (Å²) in [5.74, 6) is 0.273. The Morgan fingerprint density at radius 2 is 2.42 bits per heavy atom. The van der Waals surface area contributed by atoms with Crippen LogP contribution in [0.5, 0.6) is 0 Å². The van der Waals surface area contributed by atoms with E-state index in [0.717, 1.165) is 25.9 Å². The molecule has 1 saturated heterocycles. The first kappa shape index (κ1) is 13.5. The standard InChI is InChI=1S/C12H18N4O3/c1-15-10(2-3-11(15)16(18)19)12(17)14-7-5-9-4-6-13-8-9/h2-3,9,13H,4-8H2,1H3,(H,14,17). The van der Waals surface area contributed by atoms with Crippen LogP contribution in [0.1, 0.15) is 23.3 Å². The van der Waals surface area contributed by atoms with Crippen molar-refractivity contribution in [3.8, 4) is 0 Å². The number of amides is 1. The zero-order chi connectivity index (χ0) is 13.8. The maximum atomic E-state index is 11.9. The van der Waals surface area contributed by atoms with Crippen LogP contribution in [0.3, 0.4) is 0 Å². The Bertz CT molecular complexity index is 477. The minimum Gasteiger partial charge on any atom is -0.358 e. The maximum absolute atomic E-state index is 11.9. The number of nitro groups is 1. The van der Waals surface area contributed by atoms with Crippen LogP contribution in [0, 0.1) is 16.0 Å². The van der Waals surface area contributed by atoms with E-state index in [1.807, 2.05) is 0 Å². The second-order valence-electron chi connectivity index (χ2n) is 4.80. The van der Waals surface area contributed by atoms with Crippen molar-refractivity contribution in [3.05, 3.63) is 27.9 Å². The number of aromatic nitrogens is 1. The van der Waals surface area contributed by atoms with Crippen molar-refractivity contribution in [2.24, 2.45) is 13.0 Å². The second-order valence-corrected chi connectivity index (χ2v) is 4.80. The highest BCUT2D eigenvalue weighted by molar-refractivity contribution is 5.93. The molecule has 104 valence electrons. The Morgan fingerprint density at radius 3 is 3.00 bits per heavy atom. The normalized spacial score (nSPS) is 18.5. The third-order valence-corrected chi connectivity index (χ3v) is 3.52. The molecule has 1 aromatic rings. The van der Waals surface area contributed by atoms with Gasteiger partial charge in [0.1, 0.15) is 0 Å². The Morgan fingerprint density at radius 1 is 1.63 bits per heavy atom. The molecule has 7 heteroatoms. The molecular formula is C12H18N4O3. The smallest absolute Gasteiger partial charge is 0.323 e. The molecule has 1 aliphatic heterocycles. The molecule has 1 atom stereocenters. The van der Waals surface area contributed by atoms with Crippen LogP contribution in [-0.2, 0) is 7.05 Å². The number of hydrogen-bond donors (Lipinski definition) is 2. The summed E-state index contributed by atoms with van der Waals surface area (Å²) >= 11 is 0. The van der Waals surface area contributed by atoms with E-state index in [1.54, 1.807) is 0 Å². The molecule has 7 nitrogen and oxygen atoms in total. The van der Waals surface area contributed by atoms with Crippen LogP contribution < -0.4 is 10.6 Å². The number of carbonyl (C=O) groups excluding carboxylic acids is 1. The topological polar surface area (TPSA) is 89.2 Å². The summed E-state index contributed by atoms with van der Waals surface area (Å²) in [4.78, 5) is 22.1. The van der Waals surface area contributed by atoms with Gasteiger partial charge in [-0.25, -0.2) is 4.57 Å². The van der Waals surface area contributed by atoms with Gasteiger partial charge in [0.05, 0.1) is 7.05 Å². The second kappa shape index (κ2) is 5.83. The molecule has 1 fully saturated rings. The Kier molecular flexibility index (Phi) is 4.16.